The number of hydrogen-bond acceptors (Lipinski definition) is 6. The number of hydrogen-bond donors (Lipinski definition) is 1. The lowest BCUT2D eigenvalue weighted by Gasteiger charge is -2.06. The minimum Gasteiger partial charge on any atom is -0.497 e. The number of rotatable bonds is 5. The predicted molar refractivity (Wildman–Crippen MR) is 94.7 cm³/mol. The molecule has 1 aliphatic carbocycles. The Balaban J connectivity index is 1.55. The Kier molecular flexibility index (Phi) is 3.96. The van der Waals surface area contributed by atoms with Crippen LogP contribution in [0.3, 0.4) is 0 Å². The fraction of sp³-hybridized carbons (Fsp3) is 0.294. The van der Waals surface area contributed by atoms with Crippen LogP contribution in [0.1, 0.15) is 40.6 Å². The normalized spacial score (nSPS) is 13.7. The Bertz CT molecular complexity index is 929. The van der Waals surface area contributed by atoms with E-state index in [1.165, 1.54) is 24.2 Å². The molecule has 0 radical (unpaired) electrons. The van der Waals surface area contributed by atoms with E-state index in [0.29, 0.717) is 22.5 Å². The van der Waals surface area contributed by atoms with Crippen LogP contribution in [0.2, 0.25) is 0 Å². The van der Waals surface area contributed by atoms with Gasteiger partial charge in [-0.1, -0.05) is 11.3 Å². The van der Waals surface area contributed by atoms with Gasteiger partial charge in [0.2, 0.25) is 0 Å². The molecule has 7 nitrogen and oxygen atoms in total. The third-order valence-corrected chi connectivity index (χ3v) is 4.92. The summed E-state index contributed by atoms with van der Waals surface area (Å²) in [7, 11) is 1.61. The smallest absolute Gasteiger partial charge is 0.279 e. The van der Waals surface area contributed by atoms with E-state index in [4.69, 9.17) is 4.74 Å². The summed E-state index contributed by atoms with van der Waals surface area (Å²) in [6.07, 6.45) is 2.37. The van der Waals surface area contributed by atoms with Crippen LogP contribution in [0.15, 0.2) is 29.6 Å². The molecule has 1 N–H and O–H groups in total. The number of methoxy groups -OCH3 is 1. The monoisotopic (exact) mass is 355 g/mol. The molecule has 0 spiro atoms. The number of carbonyl (C=O) groups excluding carboxylic acids is 1. The van der Waals surface area contributed by atoms with E-state index in [2.05, 4.69) is 20.6 Å². The van der Waals surface area contributed by atoms with Crippen LogP contribution in [0.5, 0.6) is 5.75 Å². The van der Waals surface area contributed by atoms with E-state index in [1.54, 1.807) is 11.8 Å². The van der Waals surface area contributed by atoms with Gasteiger partial charge in [-0.15, -0.1) is 16.4 Å². The Morgan fingerprint density at radius 3 is 3.00 bits per heavy atom. The third-order valence-electron chi connectivity index (χ3n) is 4.15. The van der Waals surface area contributed by atoms with Gasteiger partial charge in [-0.2, -0.15) is 0 Å². The van der Waals surface area contributed by atoms with Crippen LogP contribution in [0.25, 0.3) is 5.69 Å². The molecule has 1 aromatic carbocycles. The second-order valence-electron chi connectivity index (χ2n) is 5.94. The molecule has 1 aliphatic rings. The first-order valence-electron chi connectivity index (χ1n) is 7.99. The van der Waals surface area contributed by atoms with Gasteiger partial charge in [0.15, 0.2) is 10.8 Å². The number of thiazole rings is 1. The van der Waals surface area contributed by atoms with Crippen molar-refractivity contribution in [2.24, 2.45) is 0 Å². The molecule has 0 aliphatic heterocycles. The highest BCUT2D eigenvalue weighted by molar-refractivity contribution is 7.14. The minimum atomic E-state index is -0.302. The summed E-state index contributed by atoms with van der Waals surface area (Å²) in [6.45, 7) is 1.81. The van der Waals surface area contributed by atoms with Crippen LogP contribution in [-0.4, -0.2) is 33.0 Å². The number of benzene rings is 1. The Labute approximate surface area is 148 Å². The van der Waals surface area contributed by atoms with Gasteiger partial charge < -0.3 is 4.74 Å². The maximum atomic E-state index is 12.5. The maximum absolute atomic E-state index is 12.5. The van der Waals surface area contributed by atoms with Crippen molar-refractivity contribution < 1.29 is 9.53 Å². The third kappa shape index (κ3) is 3.12. The Morgan fingerprint density at radius 2 is 2.24 bits per heavy atom. The molecule has 1 saturated carbocycles. The topological polar surface area (TPSA) is 81.9 Å². The van der Waals surface area contributed by atoms with Gasteiger partial charge in [-0.05, 0) is 31.9 Å². The van der Waals surface area contributed by atoms with Crippen LogP contribution in [0.4, 0.5) is 5.13 Å². The number of ether oxygens (including phenoxy) is 1. The summed E-state index contributed by atoms with van der Waals surface area (Å²) in [4.78, 5) is 17.0. The molecule has 0 bridgehead atoms. The SMILES string of the molecule is COc1cccc(-n2nnc(C(=O)Nc3nc(C4CC4)cs3)c2C)c1. The average Bonchev–Trinajstić information content (AvgIpc) is 3.25. The van der Waals surface area contributed by atoms with Crippen molar-refractivity contribution in [3.8, 4) is 11.4 Å². The molecule has 3 aromatic rings. The quantitative estimate of drug-likeness (QED) is 0.760. The highest BCUT2D eigenvalue weighted by atomic mass is 32.1. The second kappa shape index (κ2) is 6.29. The van der Waals surface area contributed by atoms with E-state index in [-0.39, 0.29) is 11.6 Å². The summed E-state index contributed by atoms with van der Waals surface area (Å²) in [5, 5.41) is 13.6. The first-order valence-corrected chi connectivity index (χ1v) is 8.87. The average molecular weight is 355 g/mol. The van der Waals surface area contributed by atoms with Crippen LogP contribution in [-0.2, 0) is 0 Å². The second-order valence-corrected chi connectivity index (χ2v) is 6.80. The van der Waals surface area contributed by atoms with Crippen LogP contribution < -0.4 is 10.1 Å². The van der Waals surface area contributed by atoms with Crippen molar-refractivity contribution in [1.29, 1.82) is 0 Å². The maximum Gasteiger partial charge on any atom is 0.279 e. The van der Waals surface area contributed by atoms with E-state index in [1.807, 2.05) is 36.6 Å². The number of carbonyl (C=O) groups is 1. The van der Waals surface area contributed by atoms with Gasteiger partial charge >= 0.3 is 0 Å². The van der Waals surface area contributed by atoms with E-state index in [9.17, 15) is 4.79 Å². The number of anilines is 1. The zero-order chi connectivity index (χ0) is 17.4. The summed E-state index contributed by atoms with van der Waals surface area (Å²) in [5.41, 5.74) is 2.79. The van der Waals surface area contributed by atoms with Crippen molar-refractivity contribution in [3.05, 3.63) is 46.7 Å². The van der Waals surface area contributed by atoms with Crippen molar-refractivity contribution >= 4 is 22.4 Å². The molecule has 4 rings (SSSR count). The first-order chi connectivity index (χ1) is 12.2. The molecular weight excluding hydrogens is 338 g/mol. The Morgan fingerprint density at radius 1 is 1.40 bits per heavy atom. The number of aromatic nitrogens is 4. The van der Waals surface area contributed by atoms with E-state index in [0.717, 1.165) is 11.4 Å². The number of amides is 1. The van der Waals surface area contributed by atoms with Gasteiger partial charge in [0, 0.05) is 17.4 Å². The van der Waals surface area contributed by atoms with E-state index < -0.39 is 0 Å². The van der Waals surface area contributed by atoms with Crippen molar-refractivity contribution in [1.82, 2.24) is 20.0 Å². The lowest BCUT2D eigenvalue weighted by Crippen LogP contribution is -2.14. The van der Waals surface area contributed by atoms with Crippen LogP contribution in [0, 0.1) is 6.92 Å². The van der Waals surface area contributed by atoms with Gasteiger partial charge in [0.25, 0.3) is 5.91 Å². The van der Waals surface area contributed by atoms with Crippen molar-refractivity contribution in [2.75, 3.05) is 12.4 Å². The zero-order valence-electron chi connectivity index (χ0n) is 13.9. The molecule has 0 saturated heterocycles. The number of nitrogens with zero attached hydrogens (tertiary/aromatic N) is 4. The van der Waals surface area contributed by atoms with Gasteiger partial charge in [0.1, 0.15) is 5.75 Å². The molecule has 2 heterocycles. The summed E-state index contributed by atoms with van der Waals surface area (Å²) in [6, 6.07) is 7.44. The molecular formula is C17H17N5O2S. The van der Waals surface area contributed by atoms with Crippen molar-refractivity contribution in [3.63, 3.8) is 0 Å². The molecule has 0 atom stereocenters. The molecule has 8 heteroatoms. The standard InChI is InChI=1S/C17H17N5O2S/c1-10-15(16(23)19-17-18-14(9-25-17)11-6-7-11)20-21-22(10)12-4-3-5-13(8-12)24-2/h3-5,8-9,11H,6-7H2,1-2H3,(H,18,19,23). The van der Waals surface area contributed by atoms with Gasteiger partial charge in [0.05, 0.1) is 24.2 Å². The molecule has 2 aromatic heterocycles. The lowest BCUT2D eigenvalue weighted by atomic mass is 10.2. The van der Waals surface area contributed by atoms with Gasteiger partial charge in [-0.3, -0.25) is 10.1 Å². The molecule has 1 amide bonds. The Hall–Kier alpha value is -2.74. The fourth-order valence-electron chi connectivity index (χ4n) is 2.59. The molecule has 0 unspecified atom stereocenters. The molecule has 1 fully saturated rings. The minimum absolute atomic E-state index is 0.283. The van der Waals surface area contributed by atoms with Crippen LogP contribution >= 0.6 is 11.3 Å². The predicted octanol–water partition coefficient (Wildman–Crippen LogP) is 3.17. The van der Waals surface area contributed by atoms with Gasteiger partial charge in [-0.25, -0.2) is 9.67 Å². The highest BCUT2D eigenvalue weighted by Gasteiger charge is 2.26. The summed E-state index contributed by atoms with van der Waals surface area (Å²) >= 11 is 1.44. The first kappa shape index (κ1) is 15.8. The molecule has 128 valence electrons. The fourth-order valence-corrected chi connectivity index (χ4v) is 3.38. The summed E-state index contributed by atoms with van der Waals surface area (Å²) < 4.78 is 6.85. The zero-order valence-corrected chi connectivity index (χ0v) is 14.7. The van der Waals surface area contributed by atoms with Crippen molar-refractivity contribution in [2.45, 2.75) is 25.7 Å². The lowest BCUT2D eigenvalue weighted by molar-refractivity contribution is 0.102. The summed E-state index contributed by atoms with van der Waals surface area (Å²) in [5.74, 6) is 0.981. The number of nitrogens with one attached hydrogen (secondary N) is 1. The van der Waals surface area contributed by atoms with E-state index >= 15 is 0 Å². The highest BCUT2D eigenvalue weighted by Crippen LogP contribution is 2.40. The molecule has 25 heavy (non-hydrogen) atoms. The largest absolute Gasteiger partial charge is 0.497 e.